The zero-order valence-corrected chi connectivity index (χ0v) is 17.1. The first-order chi connectivity index (χ1) is 14.7. The fourth-order valence-electron chi connectivity index (χ4n) is 3.93. The van der Waals surface area contributed by atoms with Crippen LogP contribution in [0.2, 0.25) is 5.02 Å². The van der Waals surface area contributed by atoms with Gasteiger partial charge in [0.05, 0.1) is 19.1 Å². The second-order valence-corrected chi connectivity index (χ2v) is 7.92. The molecule has 30 heavy (non-hydrogen) atoms. The van der Waals surface area contributed by atoms with Gasteiger partial charge in [-0.2, -0.15) is 4.98 Å². The molecule has 0 radical (unpaired) electrons. The normalized spacial score (nSPS) is 19.5. The quantitative estimate of drug-likeness (QED) is 0.635. The van der Waals surface area contributed by atoms with Gasteiger partial charge in [0.1, 0.15) is 0 Å². The van der Waals surface area contributed by atoms with Crippen LogP contribution in [0.4, 0.5) is 11.4 Å². The largest absolute Gasteiger partial charge is 0.378 e. The fraction of sp³-hybridized carbons (Fsp3) is 0.318. The van der Waals surface area contributed by atoms with Crippen molar-refractivity contribution in [2.45, 2.75) is 12.3 Å². The monoisotopic (exact) mass is 424 g/mol. The molecule has 2 saturated heterocycles. The molecule has 2 aromatic carbocycles. The summed E-state index contributed by atoms with van der Waals surface area (Å²) in [6.45, 7) is 3.79. The Morgan fingerprint density at radius 1 is 1.03 bits per heavy atom. The zero-order chi connectivity index (χ0) is 20.5. The Hall–Kier alpha value is -2.90. The summed E-state index contributed by atoms with van der Waals surface area (Å²) in [6, 6.07) is 15.4. The van der Waals surface area contributed by atoms with E-state index in [0.717, 1.165) is 43.2 Å². The number of rotatable bonds is 4. The summed E-state index contributed by atoms with van der Waals surface area (Å²) in [6.07, 6.45) is 0.337. The molecule has 2 fully saturated rings. The van der Waals surface area contributed by atoms with Gasteiger partial charge in [0.2, 0.25) is 17.6 Å². The topological polar surface area (TPSA) is 71.7 Å². The Labute approximate surface area is 179 Å². The summed E-state index contributed by atoms with van der Waals surface area (Å²) >= 11 is 6.07. The van der Waals surface area contributed by atoms with Gasteiger partial charge in [-0.1, -0.05) is 22.8 Å². The van der Waals surface area contributed by atoms with E-state index < -0.39 is 0 Å². The van der Waals surface area contributed by atoms with E-state index in [0.29, 0.717) is 29.7 Å². The molecule has 0 bridgehead atoms. The third-order valence-corrected chi connectivity index (χ3v) is 5.77. The molecular weight excluding hydrogens is 404 g/mol. The lowest BCUT2D eigenvalue weighted by atomic mass is 10.1. The van der Waals surface area contributed by atoms with Gasteiger partial charge in [-0.15, -0.1) is 0 Å². The number of benzene rings is 2. The van der Waals surface area contributed by atoms with Crippen LogP contribution >= 0.6 is 11.6 Å². The van der Waals surface area contributed by atoms with Gasteiger partial charge in [0.25, 0.3) is 0 Å². The predicted octanol–water partition coefficient (Wildman–Crippen LogP) is 3.75. The van der Waals surface area contributed by atoms with Crippen molar-refractivity contribution in [3.8, 4) is 11.4 Å². The average molecular weight is 425 g/mol. The summed E-state index contributed by atoms with van der Waals surface area (Å²) in [5.74, 6) is 0.912. The number of carbonyl (C=O) groups excluding carboxylic acids is 1. The number of nitrogens with zero attached hydrogens (tertiary/aromatic N) is 4. The van der Waals surface area contributed by atoms with Crippen molar-refractivity contribution >= 4 is 28.9 Å². The Bertz CT molecular complexity index is 1050. The van der Waals surface area contributed by atoms with Crippen LogP contribution in [0.25, 0.3) is 11.4 Å². The number of aromatic nitrogens is 2. The van der Waals surface area contributed by atoms with Crippen LogP contribution in [0.5, 0.6) is 0 Å². The van der Waals surface area contributed by atoms with Crippen molar-refractivity contribution in [3.05, 3.63) is 59.4 Å². The average Bonchev–Trinajstić information content (AvgIpc) is 3.42. The van der Waals surface area contributed by atoms with E-state index in [1.807, 2.05) is 24.3 Å². The first-order valence-corrected chi connectivity index (χ1v) is 10.4. The van der Waals surface area contributed by atoms with Crippen LogP contribution < -0.4 is 9.80 Å². The molecule has 2 aliphatic rings. The third-order valence-electron chi connectivity index (χ3n) is 5.54. The van der Waals surface area contributed by atoms with Gasteiger partial charge in [-0.25, -0.2) is 0 Å². The van der Waals surface area contributed by atoms with Crippen LogP contribution in [0, 0.1) is 0 Å². The molecule has 0 unspecified atom stereocenters. The van der Waals surface area contributed by atoms with Gasteiger partial charge >= 0.3 is 0 Å². The molecule has 0 aliphatic carbocycles. The molecule has 5 rings (SSSR count). The lowest BCUT2D eigenvalue weighted by molar-refractivity contribution is -0.117. The first kappa shape index (κ1) is 19.1. The molecule has 7 nitrogen and oxygen atoms in total. The number of ether oxygens (including phenoxy) is 1. The molecule has 154 valence electrons. The van der Waals surface area contributed by atoms with E-state index in [1.54, 1.807) is 17.0 Å². The fourth-order valence-corrected chi connectivity index (χ4v) is 4.11. The lowest BCUT2D eigenvalue weighted by Gasteiger charge is -2.28. The second kappa shape index (κ2) is 8.08. The molecule has 0 N–H and O–H groups in total. The van der Waals surface area contributed by atoms with Gasteiger partial charge in [0, 0.05) is 48.0 Å². The summed E-state index contributed by atoms with van der Waals surface area (Å²) in [4.78, 5) is 21.1. The summed E-state index contributed by atoms with van der Waals surface area (Å²) in [5, 5.41) is 4.74. The molecule has 1 atom stereocenters. The van der Waals surface area contributed by atoms with Crippen molar-refractivity contribution in [3.63, 3.8) is 0 Å². The highest BCUT2D eigenvalue weighted by atomic mass is 35.5. The number of amides is 1. The maximum absolute atomic E-state index is 12.5. The molecule has 3 aromatic rings. The van der Waals surface area contributed by atoms with Gasteiger partial charge in [0.15, 0.2) is 0 Å². The van der Waals surface area contributed by atoms with Crippen LogP contribution in [0.15, 0.2) is 53.1 Å². The SMILES string of the molecule is O=C1C[C@@H](c2nc(-c3ccc(N4CCOCC4)cc3)no2)CN1c1cccc(Cl)c1. The molecule has 0 spiro atoms. The molecule has 8 heteroatoms. The number of halogens is 1. The number of anilines is 2. The minimum absolute atomic E-state index is 0.0249. The molecule has 1 amide bonds. The van der Waals surface area contributed by atoms with E-state index in [2.05, 4.69) is 27.2 Å². The maximum Gasteiger partial charge on any atom is 0.232 e. The molecular formula is C22H21ClN4O3. The Kier molecular flexibility index (Phi) is 5.14. The zero-order valence-electron chi connectivity index (χ0n) is 16.3. The van der Waals surface area contributed by atoms with Gasteiger partial charge < -0.3 is 19.1 Å². The van der Waals surface area contributed by atoms with E-state index in [9.17, 15) is 4.79 Å². The standard InChI is InChI=1S/C22H21ClN4O3/c23-17-2-1-3-19(13-17)27-14-16(12-20(27)28)22-24-21(25-30-22)15-4-6-18(7-5-15)26-8-10-29-11-9-26/h1-7,13,16H,8-12,14H2/t16-/m1/s1. The molecule has 0 saturated carbocycles. The van der Waals surface area contributed by atoms with Crippen molar-refractivity contribution in [2.75, 3.05) is 42.6 Å². The van der Waals surface area contributed by atoms with E-state index in [-0.39, 0.29) is 11.8 Å². The number of carbonyl (C=O) groups is 1. The highest BCUT2D eigenvalue weighted by Crippen LogP contribution is 2.33. The number of hydrogen-bond acceptors (Lipinski definition) is 6. The molecule has 2 aliphatic heterocycles. The molecule has 1 aromatic heterocycles. The molecule has 3 heterocycles. The smallest absolute Gasteiger partial charge is 0.232 e. The van der Waals surface area contributed by atoms with Crippen LogP contribution in [0.1, 0.15) is 18.2 Å². The summed E-state index contributed by atoms with van der Waals surface area (Å²) in [7, 11) is 0. The highest BCUT2D eigenvalue weighted by molar-refractivity contribution is 6.30. The van der Waals surface area contributed by atoms with Gasteiger partial charge in [-0.3, -0.25) is 4.79 Å². The maximum atomic E-state index is 12.5. The van der Waals surface area contributed by atoms with E-state index in [1.165, 1.54) is 0 Å². The highest BCUT2D eigenvalue weighted by Gasteiger charge is 2.35. The van der Waals surface area contributed by atoms with E-state index >= 15 is 0 Å². The first-order valence-electron chi connectivity index (χ1n) is 10.00. The van der Waals surface area contributed by atoms with Crippen molar-refractivity contribution in [1.29, 1.82) is 0 Å². The lowest BCUT2D eigenvalue weighted by Crippen LogP contribution is -2.36. The Balaban J connectivity index is 1.30. The van der Waals surface area contributed by atoms with Crippen molar-refractivity contribution < 1.29 is 14.1 Å². The number of morpholine rings is 1. The van der Waals surface area contributed by atoms with Crippen LogP contribution in [0.3, 0.4) is 0 Å². The van der Waals surface area contributed by atoms with Crippen LogP contribution in [-0.4, -0.2) is 48.9 Å². The predicted molar refractivity (Wildman–Crippen MR) is 114 cm³/mol. The second-order valence-electron chi connectivity index (χ2n) is 7.49. The third kappa shape index (κ3) is 3.78. The minimum Gasteiger partial charge on any atom is -0.378 e. The van der Waals surface area contributed by atoms with Crippen molar-refractivity contribution in [1.82, 2.24) is 10.1 Å². The minimum atomic E-state index is -0.134. The number of hydrogen-bond donors (Lipinski definition) is 0. The summed E-state index contributed by atoms with van der Waals surface area (Å²) < 4.78 is 10.9. The Morgan fingerprint density at radius 2 is 1.83 bits per heavy atom. The van der Waals surface area contributed by atoms with Crippen LogP contribution in [-0.2, 0) is 9.53 Å². The van der Waals surface area contributed by atoms with Gasteiger partial charge in [-0.05, 0) is 42.5 Å². The summed E-state index contributed by atoms with van der Waals surface area (Å²) in [5.41, 5.74) is 2.83. The van der Waals surface area contributed by atoms with E-state index in [4.69, 9.17) is 20.9 Å². The Morgan fingerprint density at radius 3 is 2.60 bits per heavy atom. The van der Waals surface area contributed by atoms with Crippen molar-refractivity contribution in [2.24, 2.45) is 0 Å².